The first-order chi connectivity index (χ1) is 11.2. The van der Waals surface area contributed by atoms with Crippen LogP contribution in [0.3, 0.4) is 0 Å². The van der Waals surface area contributed by atoms with Crippen LogP contribution in [0.4, 0.5) is 0 Å². The number of piperidine rings is 1. The Morgan fingerprint density at radius 2 is 2.39 bits per heavy atom. The first-order valence-electron chi connectivity index (χ1n) is 7.93. The molecular formula is C17H20ClN3OS. The lowest BCUT2D eigenvalue weighted by atomic mass is 9.96. The lowest BCUT2D eigenvalue weighted by molar-refractivity contribution is 0.0946. The molecule has 0 saturated carbocycles. The molecule has 1 atom stereocenters. The number of nitrogens with zero attached hydrogens (tertiary/aromatic N) is 1. The highest BCUT2D eigenvalue weighted by molar-refractivity contribution is 7.13. The van der Waals surface area contributed by atoms with Gasteiger partial charge >= 0.3 is 0 Å². The zero-order valence-corrected chi connectivity index (χ0v) is 14.4. The van der Waals surface area contributed by atoms with E-state index in [1.165, 1.54) is 24.2 Å². The lowest BCUT2D eigenvalue weighted by Crippen LogP contribution is -2.33. The number of hydrogen-bond donors (Lipinski definition) is 2. The Hall–Kier alpha value is -1.43. The van der Waals surface area contributed by atoms with Crippen LogP contribution in [0.2, 0.25) is 5.02 Å². The van der Waals surface area contributed by atoms with Gasteiger partial charge in [0.25, 0.3) is 5.91 Å². The quantitative estimate of drug-likeness (QED) is 0.867. The van der Waals surface area contributed by atoms with Gasteiger partial charge in [-0.2, -0.15) is 0 Å². The molecule has 1 aromatic carbocycles. The van der Waals surface area contributed by atoms with E-state index in [-0.39, 0.29) is 5.91 Å². The second-order valence-electron chi connectivity index (χ2n) is 5.81. The summed E-state index contributed by atoms with van der Waals surface area (Å²) in [6.45, 7) is 2.88. The molecule has 0 aliphatic carbocycles. The van der Waals surface area contributed by atoms with Crippen molar-refractivity contribution >= 4 is 28.8 Å². The molecule has 0 radical (unpaired) electrons. The van der Waals surface area contributed by atoms with Crippen LogP contribution in [0.1, 0.15) is 29.8 Å². The number of aromatic nitrogens is 1. The van der Waals surface area contributed by atoms with E-state index in [0.717, 1.165) is 30.1 Å². The number of carbonyl (C=O) groups is 1. The maximum atomic E-state index is 12.2. The van der Waals surface area contributed by atoms with Crippen molar-refractivity contribution in [3.8, 4) is 10.6 Å². The van der Waals surface area contributed by atoms with Gasteiger partial charge in [0.1, 0.15) is 10.7 Å². The molecule has 2 heterocycles. The van der Waals surface area contributed by atoms with Crippen LogP contribution in [0.25, 0.3) is 10.6 Å². The zero-order valence-electron chi connectivity index (χ0n) is 12.8. The van der Waals surface area contributed by atoms with Gasteiger partial charge in [-0.05, 0) is 50.4 Å². The molecule has 1 amide bonds. The highest BCUT2D eigenvalue weighted by atomic mass is 35.5. The van der Waals surface area contributed by atoms with E-state index in [0.29, 0.717) is 23.2 Å². The Morgan fingerprint density at radius 3 is 3.17 bits per heavy atom. The van der Waals surface area contributed by atoms with Crippen molar-refractivity contribution in [1.82, 2.24) is 15.6 Å². The molecule has 3 rings (SSSR count). The van der Waals surface area contributed by atoms with Crippen LogP contribution in [-0.4, -0.2) is 30.5 Å². The first kappa shape index (κ1) is 16.4. The number of amides is 1. The Kier molecular flexibility index (Phi) is 5.65. The average Bonchev–Trinajstić information content (AvgIpc) is 3.06. The molecular weight excluding hydrogens is 330 g/mol. The molecule has 1 aliphatic heterocycles. The van der Waals surface area contributed by atoms with E-state index in [9.17, 15) is 4.79 Å². The van der Waals surface area contributed by atoms with E-state index in [1.807, 2.05) is 24.3 Å². The van der Waals surface area contributed by atoms with Crippen LogP contribution in [0.15, 0.2) is 29.6 Å². The predicted octanol–water partition coefficient (Wildman–Crippen LogP) is 3.58. The van der Waals surface area contributed by atoms with Crippen LogP contribution in [0.5, 0.6) is 0 Å². The first-order valence-corrected chi connectivity index (χ1v) is 9.18. The van der Waals surface area contributed by atoms with Crippen LogP contribution in [0, 0.1) is 5.92 Å². The largest absolute Gasteiger partial charge is 0.351 e. The van der Waals surface area contributed by atoms with Crippen molar-refractivity contribution in [3.05, 3.63) is 40.4 Å². The highest BCUT2D eigenvalue weighted by Gasteiger charge is 2.15. The van der Waals surface area contributed by atoms with Gasteiger partial charge < -0.3 is 10.6 Å². The Morgan fingerprint density at radius 1 is 1.48 bits per heavy atom. The van der Waals surface area contributed by atoms with E-state index in [1.54, 1.807) is 5.38 Å². The van der Waals surface area contributed by atoms with Crippen molar-refractivity contribution < 1.29 is 4.79 Å². The minimum Gasteiger partial charge on any atom is -0.351 e. The summed E-state index contributed by atoms with van der Waals surface area (Å²) in [4.78, 5) is 16.6. The molecule has 4 nitrogen and oxygen atoms in total. The molecule has 6 heteroatoms. The Labute approximate surface area is 145 Å². The van der Waals surface area contributed by atoms with Gasteiger partial charge in [-0.15, -0.1) is 11.3 Å². The fourth-order valence-corrected chi connectivity index (χ4v) is 3.77. The summed E-state index contributed by atoms with van der Waals surface area (Å²) >= 11 is 7.46. The Balaban J connectivity index is 1.54. The molecule has 1 aliphatic rings. The number of rotatable bonds is 5. The third kappa shape index (κ3) is 4.53. The molecule has 23 heavy (non-hydrogen) atoms. The molecule has 0 bridgehead atoms. The summed E-state index contributed by atoms with van der Waals surface area (Å²) < 4.78 is 0. The van der Waals surface area contributed by atoms with Crippen molar-refractivity contribution in [2.75, 3.05) is 19.6 Å². The van der Waals surface area contributed by atoms with Crippen LogP contribution >= 0.6 is 22.9 Å². The van der Waals surface area contributed by atoms with E-state index in [2.05, 4.69) is 15.6 Å². The fraction of sp³-hybridized carbons (Fsp3) is 0.412. The second-order valence-corrected chi connectivity index (χ2v) is 7.10. The molecule has 2 N–H and O–H groups in total. The summed E-state index contributed by atoms with van der Waals surface area (Å²) in [5.41, 5.74) is 1.42. The number of nitrogens with one attached hydrogen (secondary N) is 2. The van der Waals surface area contributed by atoms with Crippen LogP contribution in [-0.2, 0) is 0 Å². The van der Waals surface area contributed by atoms with Crippen molar-refractivity contribution in [1.29, 1.82) is 0 Å². The van der Waals surface area contributed by atoms with Gasteiger partial charge in [0.2, 0.25) is 0 Å². The summed E-state index contributed by atoms with van der Waals surface area (Å²) in [7, 11) is 0. The minimum atomic E-state index is -0.0988. The van der Waals surface area contributed by atoms with E-state index in [4.69, 9.17) is 11.6 Å². The Bertz CT molecular complexity index is 667. The number of thiazole rings is 1. The molecule has 122 valence electrons. The maximum Gasteiger partial charge on any atom is 0.270 e. The van der Waals surface area contributed by atoms with Crippen molar-refractivity contribution in [2.24, 2.45) is 5.92 Å². The van der Waals surface area contributed by atoms with Crippen LogP contribution < -0.4 is 10.6 Å². The molecule has 1 fully saturated rings. The fourth-order valence-electron chi connectivity index (χ4n) is 2.78. The van der Waals surface area contributed by atoms with Gasteiger partial charge in [-0.1, -0.05) is 23.7 Å². The molecule has 0 spiro atoms. The predicted molar refractivity (Wildman–Crippen MR) is 95.1 cm³/mol. The minimum absolute atomic E-state index is 0.0988. The van der Waals surface area contributed by atoms with Gasteiger partial charge in [0, 0.05) is 22.5 Å². The number of benzene rings is 1. The third-order valence-electron chi connectivity index (χ3n) is 4.05. The normalized spacial score (nSPS) is 17.9. The monoisotopic (exact) mass is 349 g/mol. The molecule has 1 aromatic heterocycles. The summed E-state index contributed by atoms with van der Waals surface area (Å²) in [6.07, 6.45) is 3.50. The topological polar surface area (TPSA) is 54.0 Å². The molecule has 1 saturated heterocycles. The molecule has 2 aromatic rings. The average molecular weight is 350 g/mol. The van der Waals surface area contributed by atoms with Crippen molar-refractivity contribution in [3.63, 3.8) is 0 Å². The third-order valence-corrected chi connectivity index (χ3v) is 5.17. The number of hydrogen-bond acceptors (Lipinski definition) is 4. The molecule has 1 unspecified atom stereocenters. The summed E-state index contributed by atoms with van der Waals surface area (Å²) in [5.74, 6) is 0.569. The van der Waals surface area contributed by atoms with E-state index >= 15 is 0 Å². The van der Waals surface area contributed by atoms with E-state index < -0.39 is 0 Å². The van der Waals surface area contributed by atoms with Crippen molar-refractivity contribution in [2.45, 2.75) is 19.3 Å². The highest BCUT2D eigenvalue weighted by Crippen LogP contribution is 2.26. The second kappa shape index (κ2) is 7.90. The maximum absolute atomic E-state index is 12.2. The smallest absolute Gasteiger partial charge is 0.270 e. The summed E-state index contributed by atoms with van der Waals surface area (Å²) in [6, 6.07) is 7.52. The van der Waals surface area contributed by atoms with Gasteiger partial charge in [0.05, 0.1) is 0 Å². The van der Waals surface area contributed by atoms with Gasteiger partial charge in [-0.3, -0.25) is 4.79 Å². The zero-order chi connectivity index (χ0) is 16.1. The van der Waals surface area contributed by atoms with Gasteiger partial charge in [-0.25, -0.2) is 4.98 Å². The number of halogens is 1. The SMILES string of the molecule is O=C(NCCC1CCCNC1)c1csc(-c2cccc(Cl)c2)n1. The van der Waals surface area contributed by atoms with Gasteiger partial charge in [0.15, 0.2) is 0 Å². The standard InChI is InChI=1S/C17H20ClN3OS/c18-14-5-1-4-13(9-14)17-21-15(11-23-17)16(22)20-8-6-12-3-2-7-19-10-12/h1,4-5,9,11-12,19H,2-3,6-8,10H2,(H,20,22). The summed E-state index contributed by atoms with van der Waals surface area (Å²) in [5, 5.41) is 9.65. The number of carbonyl (C=O) groups excluding carboxylic acids is 1. The lowest BCUT2D eigenvalue weighted by Gasteiger charge is -2.22.